The summed E-state index contributed by atoms with van der Waals surface area (Å²) in [4.78, 5) is 12.1. The van der Waals surface area contributed by atoms with Crippen LogP contribution in [0.15, 0.2) is 11.6 Å². The number of carbonyl (C=O) groups is 1. The Kier molecular flexibility index (Phi) is 6.65. The Hall–Kier alpha value is -0.480. The van der Waals surface area contributed by atoms with Crippen LogP contribution < -0.4 is 4.72 Å². The molecule has 0 aromatic heterocycles. The Morgan fingerprint density at radius 2 is 1.90 bits per heavy atom. The van der Waals surface area contributed by atoms with Gasteiger partial charge in [0, 0.05) is 12.2 Å². The van der Waals surface area contributed by atoms with E-state index >= 15 is 0 Å². The summed E-state index contributed by atoms with van der Waals surface area (Å²) < 4.78 is 2.86. The fourth-order valence-electron chi connectivity index (χ4n) is 8.75. The van der Waals surface area contributed by atoms with Crippen molar-refractivity contribution in [3.8, 4) is 0 Å². The third-order valence-electron chi connectivity index (χ3n) is 10.8. The molecule has 2 N–H and O–H groups in total. The van der Waals surface area contributed by atoms with Crippen LogP contribution in [0.4, 0.5) is 0 Å². The van der Waals surface area contributed by atoms with E-state index in [0.29, 0.717) is 33.8 Å². The summed E-state index contributed by atoms with van der Waals surface area (Å²) in [7, 11) is 0. The van der Waals surface area contributed by atoms with Gasteiger partial charge >= 0.3 is 0 Å². The van der Waals surface area contributed by atoms with Crippen molar-refractivity contribution in [2.45, 2.75) is 105 Å². The van der Waals surface area contributed by atoms with Crippen LogP contribution in [0.3, 0.4) is 0 Å². The van der Waals surface area contributed by atoms with Crippen molar-refractivity contribution in [3.05, 3.63) is 11.6 Å². The highest BCUT2D eigenvalue weighted by atomic mass is 32.2. The van der Waals surface area contributed by atoms with Gasteiger partial charge in [-0.15, -0.1) is 0 Å². The van der Waals surface area contributed by atoms with Crippen LogP contribution >= 0.6 is 11.9 Å². The highest BCUT2D eigenvalue weighted by molar-refractivity contribution is 7.97. The molecule has 3 saturated carbocycles. The van der Waals surface area contributed by atoms with Gasteiger partial charge in [-0.05, 0) is 103 Å². The lowest BCUT2D eigenvalue weighted by Gasteiger charge is -2.65. The topological polar surface area (TPSA) is 49.3 Å². The molecular formula is C27H45NO2S. The first-order valence-corrected chi connectivity index (χ1v) is 13.9. The van der Waals surface area contributed by atoms with E-state index in [-0.39, 0.29) is 12.5 Å². The molecule has 4 rings (SSSR count). The summed E-state index contributed by atoms with van der Waals surface area (Å²) in [5.41, 5.74) is 3.54. The van der Waals surface area contributed by atoms with Crippen LogP contribution in [0.2, 0.25) is 0 Å². The van der Waals surface area contributed by atoms with Crippen LogP contribution in [0, 0.1) is 33.5 Å². The van der Waals surface area contributed by atoms with Gasteiger partial charge in [0.25, 0.3) is 0 Å². The van der Waals surface area contributed by atoms with E-state index in [1.165, 1.54) is 76.2 Å². The smallest absolute Gasteiger partial charge is 0.229 e. The monoisotopic (exact) mass is 447 g/mol. The Balaban J connectivity index is 1.46. The molecule has 4 heteroatoms. The Labute approximate surface area is 194 Å². The average molecular weight is 448 g/mol. The number of aliphatic hydroxyl groups excluding tert-OH is 1. The van der Waals surface area contributed by atoms with Gasteiger partial charge in [0.2, 0.25) is 5.91 Å². The number of hydrogen-bond acceptors (Lipinski definition) is 3. The zero-order valence-electron chi connectivity index (χ0n) is 20.4. The summed E-state index contributed by atoms with van der Waals surface area (Å²) >= 11 is 1.32. The van der Waals surface area contributed by atoms with Crippen molar-refractivity contribution in [2.24, 2.45) is 33.5 Å². The van der Waals surface area contributed by atoms with Crippen molar-refractivity contribution in [1.29, 1.82) is 0 Å². The van der Waals surface area contributed by atoms with Gasteiger partial charge in [0.15, 0.2) is 0 Å². The number of nitrogens with one attached hydrogen (secondary N) is 1. The summed E-state index contributed by atoms with van der Waals surface area (Å²) in [6.07, 6.45) is 17.9. The molecule has 6 atom stereocenters. The maximum Gasteiger partial charge on any atom is 0.229 e. The van der Waals surface area contributed by atoms with Gasteiger partial charge in [-0.25, -0.2) is 0 Å². The molecule has 0 saturated heterocycles. The molecule has 1 amide bonds. The number of amides is 1. The first-order chi connectivity index (χ1) is 14.7. The lowest BCUT2D eigenvalue weighted by molar-refractivity contribution is -0.119. The predicted octanol–water partition coefficient (Wildman–Crippen LogP) is 6.66. The van der Waals surface area contributed by atoms with Gasteiger partial charge < -0.3 is 9.83 Å². The van der Waals surface area contributed by atoms with Crippen molar-refractivity contribution >= 4 is 17.9 Å². The zero-order valence-corrected chi connectivity index (χ0v) is 21.2. The van der Waals surface area contributed by atoms with Gasteiger partial charge in [0.1, 0.15) is 0 Å². The molecule has 4 aliphatic carbocycles. The summed E-state index contributed by atoms with van der Waals surface area (Å²) in [5, 5.41) is 8.86. The lowest BCUT2D eigenvalue weighted by Crippen LogP contribution is -2.55. The second-order valence-electron chi connectivity index (χ2n) is 12.2. The first kappa shape index (κ1) is 23.7. The van der Waals surface area contributed by atoms with E-state index in [9.17, 15) is 4.79 Å². The summed E-state index contributed by atoms with van der Waals surface area (Å²) in [6, 6.07) is 0. The average Bonchev–Trinajstić information content (AvgIpc) is 3.07. The Morgan fingerprint density at radius 1 is 1.13 bits per heavy atom. The standard InChI is InChI=1S/C27H45NO2S/c1-24-13-5-6-14-27(24,4)22-12-15-25(2)20(8-7-9-23(30)28-31-19-18-29)10-11-21(25)26(22,3)17-16-24/h12,20-21,29H,5-11,13-19H2,1-4H3,(H,28,30). The minimum Gasteiger partial charge on any atom is -0.395 e. The summed E-state index contributed by atoms with van der Waals surface area (Å²) in [5.74, 6) is 2.24. The molecule has 0 aromatic rings. The van der Waals surface area contributed by atoms with Crippen molar-refractivity contribution in [1.82, 2.24) is 4.72 Å². The second-order valence-corrected chi connectivity index (χ2v) is 13.1. The number of aliphatic hydroxyl groups is 1. The molecule has 6 unspecified atom stereocenters. The maximum atomic E-state index is 12.1. The second kappa shape index (κ2) is 8.70. The van der Waals surface area contributed by atoms with Crippen LogP contribution in [-0.4, -0.2) is 23.4 Å². The fraction of sp³-hybridized carbons (Fsp3) is 0.889. The largest absolute Gasteiger partial charge is 0.395 e. The van der Waals surface area contributed by atoms with Crippen molar-refractivity contribution in [3.63, 3.8) is 0 Å². The Bertz CT molecular complexity index is 722. The number of fused-ring (bicyclic) bond motifs is 5. The molecule has 31 heavy (non-hydrogen) atoms. The number of rotatable bonds is 7. The quantitative estimate of drug-likeness (QED) is 0.260. The lowest BCUT2D eigenvalue weighted by atomic mass is 9.39. The molecule has 0 heterocycles. The van der Waals surface area contributed by atoms with E-state index in [1.54, 1.807) is 0 Å². The van der Waals surface area contributed by atoms with Gasteiger partial charge in [0.05, 0.1) is 6.61 Å². The van der Waals surface area contributed by atoms with Gasteiger partial charge in [-0.1, -0.05) is 52.2 Å². The van der Waals surface area contributed by atoms with Crippen molar-refractivity contribution in [2.75, 3.05) is 12.4 Å². The number of hydrogen-bond donors (Lipinski definition) is 2. The van der Waals surface area contributed by atoms with E-state index < -0.39 is 0 Å². The van der Waals surface area contributed by atoms with Crippen LogP contribution in [0.25, 0.3) is 0 Å². The highest BCUT2D eigenvalue weighted by Gasteiger charge is 2.63. The molecule has 0 aromatic carbocycles. The molecule has 0 aliphatic heterocycles. The van der Waals surface area contributed by atoms with E-state index in [2.05, 4.69) is 38.5 Å². The Morgan fingerprint density at radius 3 is 2.68 bits per heavy atom. The molecule has 3 fully saturated rings. The third-order valence-corrected chi connectivity index (χ3v) is 11.5. The first-order valence-electron chi connectivity index (χ1n) is 12.9. The molecule has 4 aliphatic rings. The highest BCUT2D eigenvalue weighted by Crippen LogP contribution is 2.73. The molecule has 0 bridgehead atoms. The van der Waals surface area contributed by atoms with Crippen LogP contribution in [0.5, 0.6) is 0 Å². The molecule has 3 nitrogen and oxygen atoms in total. The van der Waals surface area contributed by atoms with Crippen LogP contribution in [0.1, 0.15) is 105 Å². The maximum absolute atomic E-state index is 12.1. The van der Waals surface area contributed by atoms with Gasteiger partial charge in [-0.3, -0.25) is 4.79 Å². The number of carbonyl (C=O) groups excluding carboxylic acids is 1. The molecule has 0 spiro atoms. The zero-order chi connectivity index (χ0) is 22.3. The molecule has 0 radical (unpaired) electrons. The van der Waals surface area contributed by atoms with E-state index in [4.69, 9.17) is 5.11 Å². The molecular weight excluding hydrogens is 402 g/mol. The van der Waals surface area contributed by atoms with E-state index in [1.807, 2.05) is 5.57 Å². The fourth-order valence-corrected chi connectivity index (χ4v) is 9.21. The number of allylic oxidation sites excluding steroid dienone is 2. The summed E-state index contributed by atoms with van der Waals surface area (Å²) in [6.45, 7) is 10.6. The normalized spacial score (nSPS) is 44.1. The SMILES string of the molecule is CC12CCC3(C)CCCCC3(C)C1=CCC1(C)C(CCCC(=O)NSCCO)CCC21. The van der Waals surface area contributed by atoms with Crippen LogP contribution in [-0.2, 0) is 4.79 Å². The minimum atomic E-state index is 0.110. The molecule has 176 valence electrons. The van der Waals surface area contributed by atoms with E-state index in [0.717, 1.165) is 18.3 Å². The van der Waals surface area contributed by atoms with Gasteiger partial charge in [-0.2, -0.15) is 0 Å². The minimum absolute atomic E-state index is 0.110. The third kappa shape index (κ3) is 3.82. The van der Waals surface area contributed by atoms with Crippen molar-refractivity contribution < 1.29 is 9.90 Å². The predicted molar refractivity (Wildman–Crippen MR) is 131 cm³/mol.